The van der Waals surface area contributed by atoms with Gasteiger partial charge in [-0.15, -0.1) is 11.3 Å². The molecule has 1 saturated carbocycles. The van der Waals surface area contributed by atoms with Crippen molar-refractivity contribution in [3.8, 4) is 28.6 Å². The Kier molecular flexibility index (Phi) is 8.54. The minimum atomic E-state index is -0.747. The van der Waals surface area contributed by atoms with E-state index in [1.807, 2.05) is 61.5 Å². The quantitative estimate of drug-likeness (QED) is 0.239. The summed E-state index contributed by atoms with van der Waals surface area (Å²) in [6, 6.07) is 17.0. The topological polar surface area (TPSA) is 123 Å². The molecule has 0 amide bonds. The Morgan fingerprint density at radius 2 is 1.74 bits per heavy atom. The first-order valence-electron chi connectivity index (χ1n) is 13.9. The number of hydrogen-bond donors (Lipinski definition) is 0. The molecule has 0 N–H and O–H groups in total. The van der Waals surface area contributed by atoms with Crippen molar-refractivity contribution in [1.29, 1.82) is 0 Å². The summed E-state index contributed by atoms with van der Waals surface area (Å²) in [6.45, 7) is 2.08. The Hall–Kier alpha value is -4.31. The van der Waals surface area contributed by atoms with E-state index in [-0.39, 0.29) is 38.0 Å². The number of aromatic nitrogens is 4. The van der Waals surface area contributed by atoms with Gasteiger partial charge in [-0.25, -0.2) is 9.78 Å². The van der Waals surface area contributed by atoms with Gasteiger partial charge in [0.2, 0.25) is 0 Å². The Morgan fingerprint density at radius 1 is 1.02 bits per heavy atom. The minimum absolute atomic E-state index is 0. The highest BCUT2D eigenvalue weighted by Gasteiger charge is 2.24. The second-order valence-corrected chi connectivity index (χ2v) is 11.6. The molecule has 2 aromatic carbocycles. The van der Waals surface area contributed by atoms with Gasteiger partial charge in [0.1, 0.15) is 4.83 Å². The molecule has 1 aliphatic carbocycles. The van der Waals surface area contributed by atoms with Crippen LogP contribution in [0.15, 0.2) is 68.7 Å². The average Bonchev–Trinajstić information content (AvgIpc) is 3.65. The fourth-order valence-corrected chi connectivity index (χ4v) is 6.71. The number of fused-ring (bicyclic) bond motifs is 1. The zero-order valence-electron chi connectivity index (χ0n) is 22.7. The van der Waals surface area contributed by atoms with Crippen LogP contribution in [0.1, 0.15) is 56.9 Å². The van der Waals surface area contributed by atoms with E-state index in [1.54, 1.807) is 4.57 Å². The van der Waals surface area contributed by atoms with Crippen LogP contribution in [0, 0.1) is 5.92 Å². The van der Waals surface area contributed by atoms with E-state index in [1.165, 1.54) is 11.3 Å². The van der Waals surface area contributed by atoms with Gasteiger partial charge >= 0.3 is 5.69 Å². The van der Waals surface area contributed by atoms with Crippen molar-refractivity contribution in [2.75, 3.05) is 0 Å². The molecule has 0 aliphatic heterocycles. The van der Waals surface area contributed by atoms with Crippen LogP contribution in [0.25, 0.3) is 32.7 Å². The van der Waals surface area contributed by atoms with Gasteiger partial charge in [-0.05, 0) is 42.0 Å². The summed E-state index contributed by atoms with van der Waals surface area (Å²) < 4.78 is 7.38. The molecule has 0 atom stereocenters. The summed E-state index contributed by atoms with van der Waals surface area (Å²) in [5.41, 5.74) is 2.40. The molecule has 218 valence electrons. The number of rotatable bonds is 8. The monoisotopic (exact) mass is 585 g/mol. The Balaban J connectivity index is 0.00000353. The molecule has 0 radical (unpaired) electrons. The Bertz CT molecular complexity index is 1840. The maximum atomic E-state index is 13.7. The first-order valence-corrected chi connectivity index (χ1v) is 14.7. The number of carbonyl (C=O) groups excluding carboxylic acids is 1. The summed E-state index contributed by atoms with van der Waals surface area (Å²) in [6.07, 6.45) is 4.78. The molecule has 6 rings (SSSR count). The van der Waals surface area contributed by atoms with Crippen LogP contribution in [-0.4, -0.2) is 25.1 Å². The van der Waals surface area contributed by atoms with Gasteiger partial charge in [0.25, 0.3) is 5.56 Å². The molecule has 3 aromatic heterocycles. The normalized spacial score (nSPS) is 13.7. The Labute approximate surface area is 247 Å². The molecule has 5 aromatic rings. The van der Waals surface area contributed by atoms with Crippen LogP contribution in [0.5, 0.6) is 6.08 Å². The summed E-state index contributed by atoms with van der Waals surface area (Å²) in [7, 11) is 0. The molecule has 3 heterocycles. The number of benzene rings is 2. The molecule has 9 nitrogen and oxygen atoms in total. The van der Waals surface area contributed by atoms with Gasteiger partial charge in [-0.1, -0.05) is 82.1 Å². The van der Waals surface area contributed by atoms with Crippen LogP contribution in [0.3, 0.4) is 0 Å². The van der Waals surface area contributed by atoms with E-state index in [0.29, 0.717) is 15.8 Å². The van der Waals surface area contributed by atoms with Gasteiger partial charge < -0.3 is 9.63 Å². The van der Waals surface area contributed by atoms with Gasteiger partial charge in [0.05, 0.1) is 18.5 Å². The third kappa shape index (κ3) is 5.59. The van der Waals surface area contributed by atoms with Gasteiger partial charge in [-0.2, -0.15) is 5.16 Å². The number of hydrogen-bond acceptors (Lipinski definition) is 8. The maximum Gasteiger partial charge on any atom is 0.332 e. The average molecular weight is 586 g/mol. The molecular formula is C32H33N4O5S-. The van der Waals surface area contributed by atoms with Gasteiger partial charge in [0.15, 0.2) is 17.7 Å². The predicted molar refractivity (Wildman–Crippen MR) is 162 cm³/mol. The molecule has 0 unspecified atom stereocenters. The molecule has 0 spiro atoms. The van der Waals surface area contributed by atoms with Crippen molar-refractivity contribution in [2.45, 2.75) is 66.0 Å². The molecular weight excluding hydrogens is 552 g/mol. The maximum absolute atomic E-state index is 13.7. The lowest BCUT2D eigenvalue weighted by molar-refractivity contribution is -0.303. The first kappa shape index (κ1) is 29.2. The van der Waals surface area contributed by atoms with Crippen LogP contribution < -0.4 is 16.4 Å². The third-order valence-corrected chi connectivity index (χ3v) is 9.15. The fraction of sp³-hybridized carbons (Fsp3) is 0.344. The molecule has 42 heavy (non-hydrogen) atoms. The third-order valence-electron chi connectivity index (χ3n) is 7.85. The summed E-state index contributed by atoms with van der Waals surface area (Å²) in [5.74, 6) is 0.100. The zero-order valence-corrected chi connectivity index (χ0v) is 23.5. The van der Waals surface area contributed by atoms with Crippen molar-refractivity contribution in [2.24, 2.45) is 5.92 Å². The zero-order chi connectivity index (χ0) is 28.5. The molecule has 10 heteroatoms. The summed E-state index contributed by atoms with van der Waals surface area (Å²) >= 11 is 1.45. The number of carbonyl (C=O) groups is 1. The minimum Gasteiger partial charge on any atom is -0.528 e. The van der Waals surface area contributed by atoms with Crippen molar-refractivity contribution in [1.82, 2.24) is 19.3 Å². The van der Waals surface area contributed by atoms with Crippen LogP contribution >= 0.6 is 11.3 Å². The van der Waals surface area contributed by atoms with E-state index in [4.69, 9.17) is 0 Å². The molecule has 0 bridgehead atoms. The molecule has 1 fully saturated rings. The van der Waals surface area contributed by atoms with Gasteiger partial charge in [0, 0.05) is 16.4 Å². The van der Waals surface area contributed by atoms with Crippen LogP contribution in [-0.2, 0) is 24.3 Å². The van der Waals surface area contributed by atoms with E-state index >= 15 is 0 Å². The summed E-state index contributed by atoms with van der Waals surface area (Å²) in [5, 5.41) is 15.7. The smallest absolute Gasteiger partial charge is 0.332 e. The van der Waals surface area contributed by atoms with E-state index in [2.05, 4.69) is 14.7 Å². The predicted octanol–water partition coefficient (Wildman–Crippen LogP) is 5.41. The van der Waals surface area contributed by atoms with E-state index < -0.39 is 17.3 Å². The van der Waals surface area contributed by atoms with Crippen molar-refractivity contribution in [3.05, 3.63) is 85.9 Å². The van der Waals surface area contributed by atoms with Crippen LogP contribution in [0.2, 0.25) is 0 Å². The summed E-state index contributed by atoms with van der Waals surface area (Å²) in [4.78, 5) is 45.7. The highest BCUT2D eigenvalue weighted by Crippen LogP contribution is 2.31. The van der Waals surface area contributed by atoms with E-state index in [0.717, 1.165) is 64.7 Å². The van der Waals surface area contributed by atoms with Crippen molar-refractivity contribution in [3.63, 3.8) is 0 Å². The second-order valence-electron chi connectivity index (χ2n) is 10.5. The second kappa shape index (κ2) is 12.3. The number of nitrogens with zero attached hydrogens (tertiary/aromatic N) is 4. The highest BCUT2D eigenvalue weighted by molar-refractivity contribution is 7.18. The Morgan fingerprint density at radius 3 is 2.40 bits per heavy atom. The highest BCUT2D eigenvalue weighted by atomic mass is 32.1. The first-order chi connectivity index (χ1) is 19.9. The number of thiophene rings is 1. The fourth-order valence-electron chi connectivity index (χ4n) is 5.63. The van der Waals surface area contributed by atoms with Crippen molar-refractivity contribution < 1.29 is 14.4 Å². The lowest BCUT2D eigenvalue weighted by Crippen LogP contribution is -2.42. The lowest BCUT2D eigenvalue weighted by atomic mass is 9.86. The largest absolute Gasteiger partial charge is 0.528 e. The molecule has 0 saturated heterocycles. The number of Topliss-reactive ketones (excluding diaryl/α,β-unsaturated/α-hetero) is 1. The standard InChI is InChI=1S/C31H30N4O5S.CH4/c1-2-22-16-25-28(37)34(18-26(36)21-8-4-3-5-9-21)31(39)35(29(25)41-22)17-19-12-14-20(15-13-19)23-10-6-7-11-24(23)27-32-30(38)40-33-27;/h6-7,10-16,21H,2-5,8-9,17-18H2,1H3,(H,32,33,38);1H4/p-1. The van der Waals surface area contributed by atoms with Crippen molar-refractivity contribution >= 4 is 27.3 Å². The van der Waals surface area contributed by atoms with E-state index in [9.17, 15) is 19.5 Å². The lowest BCUT2D eigenvalue weighted by Gasteiger charge is -2.20. The van der Waals surface area contributed by atoms with Gasteiger partial charge in [-0.3, -0.25) is 18.7 Å². The van der Waals surface area contributed by atoms with Crippen LogP contribution in [0.4, 0.5) is 0 Å². The molecule has 1 aliphatic rings. The number of aryl methyl sites for hydroxylation is 1. The number of ketones is 1. The SMILES string of the molecule is C.CCc1cc2c(=O)n(CC(=O)C3CCCCC3)c(=O)n(Cc3ccc(-c4ccccc4-c4noc([O-])n4)cc3)c2s1.